The zero-order chi connectivity index (χ0) is 17.4. The number of carbonyl (C=O) groups excluding carboxylic acids is 1. The van der Waals surface area contributed by atoms with Crippen molar-refractivity contribution in [3.8, 4) is 0 Å². The summed E-state index contributed by atoms with van der Waals surface area (Å²) in [6, 6.07) is 9.04. The smallest absolute Gasteiger partial charge is 0.268 e. The van der Waals surface area contributed by atoms with Crippen LogP contribution in [0.4, 0.5) is 5.69 Å². The number of aromatic nitrogens is 2. The van der Waals surface area contributed by atoms with Crippen LogP contribution in [-0.4, -0.2) is 22.4 Å². The second kappa shape index (κ2) is 6.31. The number of hydrogen-bond acceptors (Lipinski definition) is 4. The van der Waals surface area contributed by atoms with Gasteiger partial charge in [0.15, 0.2) is 5.15 Å². The van der Waals surface area contributed by atoms with Gasteiger partial charge in [-0.2, -0.15) is 0 Å². The summed E-state index contributed by atoms with van der Waals surface area (Å²) < 4.78 is 0. The fourth-order valence-electron chi connectivity index (χ4n) is 2.78. The van der Waals surface area contributed by atoms with Crippen LogP contribution in [0.25, 0.3) is 16.6 Å². The molecule has 2 aromatic heterocycles. The Morgan fingerprint density at radius 2 is 2.04 bits per heavy atom. The highest BCUT2D eigenvalue weighted by molar-refractivity contribution is 6.32. The summed E-state index contributed by atoms with van der Waals surface area (Å²) in [7, 11) is 0. The summed E-state index contributed by atoms with van der Waals surface area (Å²) in [5.41, 5.74) is 9.59. The number of nitrogens with zero attached hydrogens (tertiary/aromatic N) is 1. The second-order valence-corrected chi connectivity index (χ2v) is 6.28. The molecule has 0 unspecified atom stereocenters. The quantitative estimate of drug-likeness (QED) is 0.417. The standard InChI is InChI=1S/C17H13Cl2N5O/c18-9-3-4-11-10(8-9)14-12(5-7-21-17(25)15(14)22-11)23-24-13-2-1-6-20-16(13)19/h1-6,8,22-24H,7H2,(H,21,25). The highest BCUT2D eigenvalue weighted by atomic mass is 35.5. The van der Waals surface area contributed by atoms with Crippen LogP contribution in [0.2, 0.25) is 10.2 Å². The van der Waals surface area contributed by atoms with E-state index in [0.29, 0.717) is 28.1 Å². The van der Waals surface area contributed by atoms with E-state index in [1.165, 1.54) is 0 Å². The van der Waals surface area contributed by atoms with E-state index in [2.05, 4.69) is 26.1 Å². The molecule has 1 amide bonds. The van der Waals surface area contributed by atoms with E-state index in [1.54, 1.807) is 24.4 Å². The van der Waals surface area contributed by atoms with E-state index in [-0.39, 0.29) is 5.91 Å². The number of aromatic amines is 1. The molecule has 0 saturated carbocycles. The van der Waals surface area contributed by atoms with Crippen molar-refractivity contribution in [2.75, 3.05) is 12.0 Å². The van der Waals surface area contributed by atoms with Crippen molar-refractivity contribution in [1.29, 1.82) is 0 Å². The fraction of sp³-hybridized carbons (Fsp3) is 0.0588. The monoisotopic (exact) mass is 373 g/mol. The summed E-state index contributed by atoms with van der Waals surface area (Å²) in [5.74, 6) is -0.171. The lowest BCUT2D eigenvalue weighted by Crippen LogP contribution is -2.22. The first kappa shape index (κ1) is 15.8. The van der Waals surface area contributed by atoms with Gasteiger partial charge in [-0.05, 0) is 36.4 Å². The lowest BCUT2D eigenvalue weighted by atomic mass is 10.1. The Kier molecular flexibility index (Phi) is 3.99. The number of halogens is 2. The molecule has 1 aliphatic rings. The third-order valence-corrected chi connectivity index (χ3v) is 4.45. The maximum absolute atomic E-state index is 12.3. The lowest BCUT2D eigenvalue weighted by Gasteiger charge is -2.13. The van der Waals surface area contributed by atoms with Crippen molar-refractivity contribution in [1.82, 2.24) is 20.7 Å². The summed E-state index contributed by atoms with van der Waals surface area (Å²) >= 11 is 12.2. The van der Waals surface area contributed by atoms with E-state index in [9.17, 15) is 4.79 Å². The van der Waals surface area contributed by atoms with Gasteiger partial charge < -0.3 is 15.7 Å². The summed E-state index contributed by atoms with van der Waals surface area (Å²) in [6.45, 7) is 0.397. The molecule has 4 N–H and O–H groups in total. The van der Waals surface area contributed by atoms with Crippen molar-refractivity contribution in [2.45, 2.75) is 0 Å². The lowest BCUT2D eigenvalue weighted by molar-refractivity contribution is 0.0954. The first-order chi connectivity index (χ1) is 12.1. The molecule has 0 saturated heterocycles. The SMILES string of the molecule is O=C1NCC=C(NNc2cccnc2Cl)c2c1[nH]c1ccc(Cl)cc21. The molecule has 126 valence electrons. The molecule has 4 rings (SSSR count). The minimum atomic E-state index is -0.171. The van der Waals surface area contributed by atoms with E-state index in [0.717, 1.165) is 22.2 Å². The van der Waals surface area contributed by atoms with Crippen molar-refractivity contribution in [3.63, 3.8) is 0 Å². The number of nitrogens with one attached hydrogen (secondary N) is 4. The maximum atomic E-state index is 12.3. The van der Waals surface area contributed by atoms with Crippen LogP contribution in [0.3, 0.4) is 0 Å². The molecular weight excluding hydrogens is 361 g/mol. The molecule has 0 atom stereocenters. The van der Waals surface area contributed by atoms with Crippen LogP contribution >= 0.6 is 23.2 Å². The Hall–Kier alpha value is -2.70. The normalized spacial score (nSPS) is 13.7. The summed E-state index contributed by atoms with van der Waals surface area (Å²) in [5, 5.41) is 4.64. The fourth-order valence-corrected chi connectivity index (χ4v) is 3.12. The Labute approximate surface area is 153 Å². The van der Waals surface area contributed by atoms with Gasteiger partial charge in [0.25, 0.3) is 5.91 Å². The van der Waals surface area contributed by atoms with Gasteiger partial charge in [-0.25, -0.2) is 4.98 Å². The van der Waals surface area contributed by atoms with E-state index in [1.807, 2.05) is 18.2 Å². The molecule has 1 aliphatic heterocycles. The number of hydrazine groups is 1. The number of hydrogen-bond donors (Lipinski definition) is 4. The summed E-state index contributed by atoms with van der Waals surface area (Å²) in [4.78, 5) is 19.5. The third kappa shape index (κ3) is 2.90. The van der Waals surface area contributed by atoms with Gasteiger partial charge in [-0.3, -0.25) is 10.2 Å². The molecule has 6 nitrogen and oxygen atoms in total. The van der Waals surface area contributed by atoms with Gasteiger partial charge in [-0.15, -0.1) is 0 Å². The molecule has 0 radical (unpaired) electrons. The van der Waals surface area contributed by atoms with Gasteiger partial charge in [0.05, 0.1) is 11.4 Å². The third-order valence-electron chi connectivity index (χ3n) is 3.92. The highest BCUT2D eigenvalue weighted by Crippen LogP contribution is 2.31. The Balaban J connectivity index is 1.76. The van der Waals surface area contributed by atoms with Crippen LogP contribution < -0.4 is 16.2 Å². The molecule has 0 spiro atoms. The number of pyridine rings is 1. The molecule has 3 heterocycles. The molecule has 0 bridgehead atoms. The zero-order valence-corrected chi connectivity index (χ0v) is 14.4. The second-order valence-electron chi connectivity index (χ2n) is 5.48. The molecule has 0 aliphatic carbocycles. The van der Waals surface area contributed by atoms with Crippen LogP contribution in [0.1, 0.15) is 16.1 Å². The number of carbonyl (C=O) groups is 1. The van der Waals surface area contributed by atoms with Gasteiger partial charge in [0.2, 0.25) is 0 Å². The molecule has 0 fully saturated rings. The highest BCUT2D eigenvalue weighted by Gasteiger charge is 2.23. The first-order valence-electron chi connectivity index (χ1n) is 7.56. The topological polar surface area (TPSA) is 81.8 Å². The van der Waals surface area contributed by atoms with E-state index < -0.39 is 0 Å². The van der Waals surface area contributed by atoms with E-state index >= 15 is 0 Å². The van der Waals surface area contributed by atoms with E-state index in [4.69, 9.17) is 23.2 Å². The van der Waals surface area contributed by atoms with Gasteiger partial charge >= 0.3 is 0 Å². The zero-order valence-electron chi connectivity index (χ0n) is 12.9. The molecular formula is C17H13Cl2N5O. The van der Waals surface area contributed by atoms with Gasteiger partial charge in [0, 0.05) is 34.2 Å². The van der Waals surface area contributed by atoms with Crippen LogP contribution in [0, 0.1) is 0 Å². The number of anilines is 1. The molecule has 1 aromatic carbocycles. The van der Waals surface area contributed by atoms with Crippen molar-refractivity contribution in [2.24, 2.45) is 0 Å². The minimum absolute atomic E-state index is 0.171. The maximum Gasteiger partial charge on any atom is 0.268 e. The average molecular weight is 374 g/mol. The van der Waals surface area contributed by atoms with Gasteiger partial charge in [-0.1, -0.05) is 23.2 Å². The Bertz CT molecular complexity index is 1010. The number of H-pyrrole nitrogens is 1. The minimum Gasteiger partial charge on any atom is -0.350 e. The predicted octanol–water partition coefficient (Wildman–Crippen LogP) is 3.57. The number of rotatable bonds is 3. The summed E-state index contributed by atoms with van der Waals surface area (Å²) in [6.07, 6.45) is 3.50. The van der Waals surface area contributed by atoms with Gasteiger partial charge in [0.1, 0.15) is 5.69 Å². The number of fused-ring (bicyclic) bond motifs is 3. The van der Waals surface area contributed by atoms with Crippen molar-refractivity contribution in [3.05, 3.63) is 64.0 Å². The van der Waals surface area contributed by atoms with Crippen molar-refractivity contribution >= 4 is 51.4 Å². The largest absolute Gasteiger partial charge is 0.350 e. The van der Waals surface area contributed by atoms with Crippen LogP contribution in [0.15, 0.2) is 42.6 Å². The van der Waals surface area contributed by atoms with Crippen LogP contribution in [-0.2, 0) is 0 Å². The predicted molar refractivity (Wildman–Crippen MR) is 99.6 cm³/mol. The Morgan fingerprint density at radius 1 is 1.16 bits per heavy atom. The Morgan fingerprint density at radius 3 is 2.88 bits per heavy atom. The molecule has 3 aromatic rings. The molecule has 25 heavy (non-hydrogen) atoms. The number of amides is 1. The first-order valence-corrected chi connectivity index (χ1v) is 8.31. The van der Waals surface area contributed by atoms with Crippen LogP contribution in [0.5, 0.6) is 0 Å². The average Bonchev–Trinajstić information content (AvgIpc) is 2.90. The number of benzene rings is 1. The van der Waals surface area contributed by atoms with Crippen molar-refractivity contribution < 1.29 is 4.79 Å². The molecule has 8 heteroatoms.